The molecule has 0 unspecified atom stereocenters. The molecule has 1 fully saturated rings. The molecule has 8 heteroatoms. The van der Waals surface area contributed by atoms with Crippen LogP contribution in [0.15, 0.2) is 70.7 Å². The van der Waals surface area contributed by atoms with Gasteiger partial charge in [0, 0.05) is 5.02 Å². The molecule has 1 aliphatic heterocycles. The number of ether oxygens (including phenoxy) is 1. The molecule has 1 saturated heterocycles. The van der Waals surface area contributed by atoms with E-state index in [0.29, 0.717) is 33.1 Å². The molecule has 1 heterocycles. The van der Waals surface area contributed by atoms with Crippen molar-refractivity contribution in [1.82, 2.24) is 5.32 Å². The number of barbiturate groups is 1. The number of rotatable bonds is 5. The van der Waals surface area contributed by atoms with Crippen molar-refractivity contribution >= 4 is 57.1 Å². The van der Waals surface area contributed by atoms with Crippen LogP contribution in [-0.2, 0) is 16.2 Å². The molecular weight excluding hydrogens is 520 g/mol. The number of anilines is 1. The quantitative estimate of drug-likeness (QED) is 0.320. The summed E-state index contributed by atoms with van der Waals surface area (Å²) in [6.45, 7) is 4.02. The summed E-state index contributed by atoms with van der Waals surface area (Å²) in [5.41, 5.74) is 3.49. The van der Waals surface area contributed by atoms with E-state index in [2.05, 4.69) is 21.2 Å². The Hall–Kier alpha value is -3.42. The molecule has 0 aromatic heterocycles. The van der Waals surface area contributed by atoms with E-state index in [1.807, 2.05) is 31.2 Å². The van der Waals surface area contributed by atoms with Gasteiger partial charge in [-0.2, -0.15) is 0 Å². The van der Waals surface area contributed by atoms with E-state index in [1.165, 1.54) is 6.08 Å². The van der Waals surface area contributed by atoms with E-state index in [0.717, 1.165) is 21.6 Å². The van der Waals surface area contributed by atoms with Gasteiger partial charge >= 0.3 is 6.03 Å². The maximum atomic E-state index is 13.2. The smallest absolute Gasteiger partial charge is 0.335 e. The minimum absolute atomic E-state index is 0.137. The molecule has 6 nitrogen and oxygen atoms in total. The number of benzene rings is 3. The number of carbonyl (C=O) groups is 3. The van der Waals surface area contributed by atoms with Crippen molar-refractivity contribution in [2.24, 2.45) is 0 Å². The summed E-state index contributed by atoms with van der Waals surface area (Å²) in [5, 5.41) is 2.91. The lowest BCUT2D eigenvalue weighted by molar-refractivity contribution is -0.122. The molecule has 0 radical (unpaired) electrons. The molecule has 172 valence electrons. The Morgan fingerprint density at radius 1 is 1.00 bits per heavy atom. The lowest BCUT2D eigenvalue weighted by Crippen LogP contribution is -2.54. The summed E-state index contributed by atoms with van der Waals surface area (Å²) in [5.74, 6) is -0.818. The highest BCUT2D eigenvalue weighted by Gasteiger charge is 2.37. The van der Waals surface area contributed by atoms with Crippen LogP contribution < -0.4 is 15.0 Å². The topological polar surface area (TPSA) is 75.7 Å². The molecule has 0 bridgehead atoms. The van der Waals surface area contributed by atoms with Crippen molar-refractivity contribution in [3.05, 3.63) is 98.0 Å². The van der Waals surface area contributed by atoms with Crippen LogP contribution in [0, 0.1) is 13.8 Å². The molecule has 0 atom stereocenters. The fraction of sp³-hybridized carbons (Fsp3) is 0.115. The van der Waals surface area contributed by atoms with Crippen LogP contribution in [0.25, 0.3) is 6.08 Å². The minimum atomic E-state index is -0.770. The first-order chi connectivity index (χ1) is 16.2. The lowest BCUT2D eigenvalue weighted by Gasteiger charge is -2.27. The average Bonchev–Trinajstić information content (AvgIpc) is 2.79. The number of hydrogen-bond donors (Lipinski definition) is 1. The van der Waals surface area contributed by atoms with Crippen LogP contribution in [0.2, 0.25) is 5.02 Å². The van der Waals surface area contributed by atoms with Gasteiger partial charge in [-0.1, -0.05) is 41.9 Å². The molecule has 0 aliphatic carbocycles. The monoisotopic (exact) mass is 538 g/mol. The standard InChI is InChI=1S/C26H20BrClN2O4/c1-15-3-4-16(2)22(11-15)30-25(32)20(24(31)29-26(30)33)12-18-7-10-23(21(27)13-18)34-14-17-5-8-19(28)9-6-17/h3-13H,14H2,1-2H3,(H,29,31,33)/b20-12+. The Morgan fingerprint density at radius 2 is 1.74 bits per heavy atom. The first-order valence-corrected chi connectivity index (χ1v) is 11.6. The van der Waals surface area contributed by atoms with E-state index >= 15 is 0 Å². The molecule has 4 rings (SSSR count). The summed E-state index contributed by atoms with van der Waals surface area (Å²) >= 11 is 9.39. The van der Waals surface area contributed by atoms with Crippen LogP contribution >= 0.6 is 27.5 Å². The number of urea groups is 1. The molecule has 1 N–H and O–H groups in total. The SMILES string of the molecule is Cc1ccc(C)c(N2C(=O)NC(=O)/C(=C\c3ccc(OCc4ccc(Cl)cc4)c(Br)c3)C2=O)c1. The summed E-state index contributed by atoms with van der Waals surface area (Å²) in [6, 6.07) is 17.2. The van der Waals surface area contributed by atoms with Crippen LogP contribution in [0.3, 0.4) is 0 Å². The van der Waals surface area contributed by atoms with Crippen molar-refractivity contribution in [3.8, 4) is 5.75 Å². The first kappa shape index (κ1) is 23.7. The van der Waals surface area contributed by atoms with Gasteiger partial charge in [-0.15, -0.1) is 0 Å². The van der Waals surface area contributed by atoms with Crippen molar-refractivity contribution in [3.63, 3.8) is 0 Å². The number of amides is 4. The number of halogens is 2. The first-order valence-electron chi connectivity index (χ1n) is 10.4. The Balaban J connectivity index is 1.58. The molecule has 3 aromatic carbocycles. The predicted molar refractivity (Wildman–Crippen MR) is 135 cm³/mol. The number of imide groups is 2. The second-order valence-electron chi connectivity index (χ2n) is 7.85. The maximum Gasteiger partial charge on any atom is 0.335 e. The van der Waals surface area contributed by atoms with Crippen LogP contribution in [0.4, 0.5) is 10.5 Å². The van der Waals surface area contributed by atoms with Crippen molar-refractivity contribution in [2.75, 3.05) is 4.90 Å². The van der Waals surface area contributed by atoms with E-state index in [4.69, 9.17) is 16.3 Å². The van der Waals surface area contributed by atoms with Crippen molar-refractivity contribution in [1.29, 1.82) is 0 Å². The van der Waals surface area contributed by atoms with Gasteiger partial charge in [0.25, 0.3) is 11.8 Å². The van der Waals surface area contributed by atoms with Crippen LogP contribution in [0.5, 0.6) is 5.75 Å². The fourth-order valence-corrected chi connectivity index (χ4v) is 4.11. The molecule has 3 aromatic rings. The largest absolute Gasteiger partial charge is 0.488 e. The molecular formula is C26H20BrClN2O4. The van der Waals surface area contributed by atoms with E-state index < -0.39 is 17.8 Å². The third kappa shape index (κ3) is 5.05. The highest BCUT2D eigenvalue weighted by atomic mass is 79.9. The van der Waals surface area contributed by atoms with Gasteiger partial charge in [-0.25, -0.2) is 9.69 Å². The number of nitrogens with zero attached hydrogens (tertiary/aromatic N) is 1. The average molecular weight is 540 g/mol. The lowest BCUT2D eigenvalue weighted by atomic mass is 10.0. The number of aryl methyl sites for hydroxylation is 2. The Labute approximate surface area is 210 Å². The van der Waals surface area contributed by atoms with Gasteiger partial charge in [0.1, 0.15) is 17.9 Å². The molecule has 1 aliphatic rings. The van der Waals surface area contributed by atoms with E-state index in [1.54, 1.807) is 43.3 Å². The Morgan fingerprint density at radius 3 is 2.44 bits per heavy atom. The van der Waals surface area contributed by atoms with Crippen molar-refractivity contribution in [2.45, 2.75) is 20.5 Å². The van der Waals surface area contributed by atoms with Crippen LogP contribution in [-0.4, -0.2) is 17.8 Å². The molecule has 4 amide bonds. The third-order valence-electron chi connectivity index (χ3n) is 5.28. The van der Waals surface area contributed by atoms with E-state index in [9.17, 15) is 14.4 Å². The van der Waals surface area contributed by atoms with Gasteiger partial charge in [-0.3, -0.25) is 14.9 Å². The predicted octanol–water partition coefficient (Wildman–Crippen LogP) is 5.96. The van der Waals surface area contributed by atoms with Crippen molar-refractivity contribution < 1.29 is 19.1 Å². The van der Waals surface area contributed by atoms with Gasteiger partial charge in [0.2, 0.25) is 0 Å². The fourth-order valence-electron chi connectivity index (χ4n) is 3.47. The van der Waals surface area contributed by atoms with Gasteiger partial charge < -0.3 is 4.74 Å². The number of hydrogen-bond acceptors (Lipinski definition) is 4. The van der Waals surface area contributed by atoms with E-state index in [-0.39, 0.29) is 5.57 Å². The van der Waals surface area contributed by atoms with Gasteiger partial charge in [-0.05, 0) is 88.4 Å². The van der Waals surface area contributed by atoms with Gasteiger partial charge in [0.05, 0.1) is 10.2 Å². The van der Waals surface area contributed by atoms with Gasteiger partial charge in [0.15, 0.2) is 0 Å². The Bertz CT molecular complexity index is 1340. The number of nitrogens with one attached hydrogen (secondary N) is 1. The molecule has 34 heavy (non-hydrogen) atoms. The summed E-state index contributed by atoms with van der Waals surface area (Å²) < 4.78 is 6.51. The highest BCUT2D eigenvalue weighted by molar-refractivity contribution is 9.10. The van der Waals surface area contributed by atoms with Crippen LogP contribution in [0.1, 0.15) is 22.3 Å². The molecule has 0 saturated carbocycles. The maximum absolute atomic E-state index is 13.2. The Kier molecular flexibility index (Phi) is 6.86. The second-order valence-corrected chi connectivity index (χ2v) is 9.14. The summed E-state index contributed by atoms with van der Waals surface area (Å²) in [6.07, 6.45) is 1.45. The zero-order valence-corrected chi connectivity index (χ0v) is 20.7. The number of carbonyl (C=O) groups excluding carboxylic acids is 3. The zero-order valence-electron chi connectivity index (χ0n) is 18.4. The zero-order chi connectivity index (χ0) is 24.4. The minimum Gasteiger partial charge on any atom is -0.488 e. The third-order valence-corrected chi connectivity index (χ3v) is 6.15. The second kappa shape index (κ2) is 9.83. The molecule has 0 spiro atoms. The summed E-state index contributed by atoms with van der Waals surface area (Å²) in [7, 11) is 0. The summed E-state index contributed by atoms with van der Waals surface area (Å²) in [4.78, 5) is 39.2. The highest BCUT2D eigenvalue weighted by Crippen LogP contribution is 2.30. The normalized spacial score (nSPS) is 15.0.